The first-order chi connectivity index (χ1) is 8.24. The summed E-state index contributed by atoms with van der Waals surface area (Å²) in [5.74, 6) is -0.137. The molecule has 2 nitrogen and oxygen atoms in total. The van der Waals surface area contributed by atoms with Gasteiger partial charge in [-0.15, -0.1) is 0 Å². The minimum Gasteiger partial charge on any atom is -0.314 e. The Morgan fingerprint density at radius 1 is 1.35 bits per heavy atom. The molecule has 0 bridgehead atoms. The van der Waals surface area contributed by atoms with Crippen molar-refractivity contribution in [3.63, 3.8) is 0 Å². The van der Waals surface area contributed by atoms with Crippen LogP contribution in [-0.4, -0.2) is 37.6 Å². The highest BCUT2D eigenvalue weighted by atomic mass is 19.1. The van der Waals surface area contributed by atoms with E-state index in [1.54, 1.807) is 12.1 Å². The molecule has 0 aliphatic carbocycles. The highest BCUT2D eigenvalue weighted by molar-refractivity contribution is 5.16. The number of likely N-dealkylation sites (tertiary alicyclic amines) is 1. The predicted molar refractivity (Wildman–Crippen MR) is 68.6 cm³/mol. The van der Waals surface area contributed by atoms with Gasteiger partial charge >= 0.3 is 0 Å². The average molecular weight is 236 g/mol. The van der Waals surface area contributed by atoms with E-state index in [0.29, 0.717) is 6.04 Å². The molecule has 1 aliphatic heterocycles. The zero-order valence-electron chi connectivity index (χ0n) is 10.5. The molecule has 1 saturated heterocycles. The van der Waals surface area contributed by atoms with Crippen LogP contribution in [0.25, 0.3) is 0 Å². The standard InChI is InChI=1S/C14H21FN2/c1-17-9-6-14(7-10-17)16-8-5-12-3-2-4-13(15)11-12/h2-4,11,14,16H,5-10H2,1H3. The van der Waals surface area contributed by atoms with Crippen LogP contribution in [0.5, 0.6) is 0 Å². The van der Waals surface area contributed by atoms with Crippen molar-refractivity contribution in [3.8, 4) is 0 Å². The van der Waals surface area contributed by atoms with Crippen molar-refractivity contribution < 1.29 is 4.39 Å². The Morgan fingerprint density at radius 3 is 2.82 bits per heavy atom. The Labute approximate surface area is 103 Å². The third kappa shape index (κ3) is 4.10. The van der Waals surface area contributed by atoms with Crippen LogP contribution < -0.4 is 5.32 Å². The van der Waals surface area contributed by atoms with Crippen LogP contribution in [0.1, 0.15) is 18.4 Å². The van der Waals surface area contributed by atoms with Crippen molar-refractivity contribution in [3.05, 3.63) is 35.6 Å². The number of hydrogen-bond acceptors (Lipinski definition) is 2. The van der Waals surface area contributed by atoms with Gasteiger partial charge in [-0.3, -0.25) is 0 Å². The van der Waals surface area contributed by atoms with Crippen molar-refractivity contribution in [2.24, 2.45) is 0 Å². The molecule has 0 radical (unpaired) electrons. The second-order valence-electron chi connectivity index (χ2n) is 4.91. The third-order valence-electron chi connectivity index (χ3n) is 3.45. The summed E-state index contributed by atoms with van der Waals surface area (Å²) >= 11 is 0. The van der Waals surface area contributed by atoms with Gasteiger partial charge in [0.1, 0.15) is 5.82 Å². The van der Waals surface area contributed by atoms with Crippen LogP contribution in [0, 0.1) is 5.82 Å². The van der Waals surface area contributed by atoms with Gasteiger partial charge in [-0.1, -0.05) is 12.1 Å². The molecule has 1 aromatic rings. The number of piperidine rings is 1. The normalized spacial score (nSPS) is 18.5. The van der Waals surface area contributed by atoms with E-state index >= 15 is 0 Å². The van der Waals surface area contributed by atoms with Crippen LogP contribution >= 0.6 is 0 Å². The van der Waals surface area contributed by atoms with Gasteiger partial charge in [-0.05, 0) is 63.6 Å². The quantitative estimate of drug-likeness (QED) is 0.860. The molecular formula is C14H21FN2. The zero-order chi connectivity index (χ0) is 12.1. The fraction of sp³-hybridized carbons (Fsp3) is 0.571. The Hall–Kier alpha value is -0.930. The van der Waals surface area contributed by atoms with Crippen LogP contribution in [0.15, 0.2) is 24.3 Å². The van der Waals surface area contributed by atoms with Gasteiger partial charge in [0.15, 0.2) is 0 Å². The summed E-state index contributed by atoms with van der Waals surface area (Å²) in [5.41, 5.74) is 1.07. The molecule has 1 heterocycles. The van der Waals surface area contributed by atoms with Gasteiger partial charge in [0, 0.05) is 6.04 Å². The molecule has 0 spiro atoms. The molecule has 0 aromatic heterocycles. The molecule has 3 heteroatoms. The largest absolute Gasteiger partial charge is 0.314 e. The molecule has 1 N–H and O–H groups in total. The minimum absolute atomic E-state index is 0.137. The molecule has 0 unspecified atom stereocenters. The first-order valence-electron chi connectivity index (χ1n) is 6.40. The molecule has 2 rings (SSSR count). The van der Waals surface area contributed by atoms with E-state index in [9.17, 15) is 4.39 Å². The third-order valence-corrected chi connectivity index (χ3v) is 3.45. The van der Waals surface area contributed by atoms with E-state index in [-0.39, 0.29) is 5.82 Å². The molecule has 0 amide bonds. The number of nitrogens with one attached hydrogen (secondary N) is 1. The van der Waals surface area contributed by atoms with Gasteiger partial charge in [-0.25, -0.2) is 4.39 Å². The van der Waals surface area contributed by atoms with Gasteiger partial charge in [0.2, 0.25) is 0 Å². The summed E-state index contributed by atoms with van der Waals surface area (Å²) < 4.78 is 13.0. The van der Waals surface area contributed by atoms with Gasteiger partial charge in [-0.2, -0.15) is 0 Å². The lowest BCUT2D eigenvalue weighted by Gasteiger charge is -2.29. The summed E-state index contributed by atoms with van der Waals surface area (Å²) in [5, 5.41) is 3.56. The lowest BCUT2D eigenvalue weighted by Crippen LogP contribution is -2.41. The van der Waals surface area contributed by atoms with E-state index in [1.807, 2.05) is 6.07 Å². The molecular weight excluding hydrogens is 215 g/mol. The number of benzene rings is 1. The van der Waals surface area contributed by atoms with E-state index in [1.165, 1.54) is 32.0 Å². The fourth-order valence-electron chi connectivity index (χ4n) is 2.33. The van der Waals surface area contributed by atoms with Crippen LogP contribution in [0.3, 0.4) is 0 Å². The number of halogens is 1. The molecule has 1 aromatic carbocycles. The lowest BCUT2D eigenvalue weighted by molar-refractivity contribution is 0.235. The smallest absolute Gasteiger partial charge is 0.123 e. The number of rotatable bonds is 4. The maximum absolute atomic E-state index is 13.0. The van der Waals surface area contributed by atoms with Gasteiger partial charge in [0.25, 0.3) is 0 Å². The molecule has 1 fully saturated rings. The predicted octanol–water partition coefficient (Wildman–Crippen LogP) is 2.05. The maximum atomic E-state index is 13.0. The van der Waals surface area contributed by atoms with Crippen molar-refractivity contribution in [2.45, 2.75) is 25.3 Å². The zero-order valence-corrected chi connectivity index (χ0v) is 10.5. The van der Waals surface area contributed by atoms with E-state index in [2.05, 4.69) is 17.3 Å². The fourth-order valence-corrected chi connectivity index (χ4v) is 2.33. The Morgan fingerprint density at radius 2 is 2.12 bits per heavy atom. The summed E-state index contributed by atoms with van der Waals surface area (Å²) in [6, 6.07) is 7.52. The summed E-state index contributed by atoms with van der Waals surface area (Å²) in [6.07, 6.45) is 3.35. The van der Waals surface area contributed by atoms with Crippen molar-refractivity contribution in [2.75, 3.05) is 26.7 Å². The monoisotopic (exact) mass is 236 g/mol. The van der Waals surface area contributed by atoms with Crippen LogP contribution in [0.4, 0.5) is 4.39 Å². The van der Waals surface area contributed by atoms with E-state index in [0.717, 1.165) is 18.5 Å². The summed E-state index contributed by atoms with van der Waals surface area (Å²) in [4.78, 5) is 2.37. The number of nitrogens with zero attached hydrogens (tertiary/aromatic N) is 1. The molecule has 94 valence electrons. The maximum Gasteiger partial charge on any atom is 0.123 e. The van der Waals surface area contributed by atoms with E-state index in [4.69, 9.17) is 0 Å². The topological polar surface area (TPSA) is 15.3 Å². The lowest BCUT2D eigenvalue weighted by atomic mass is 10.1. The molecule has 17 heavy (non-hydrogen) atoms. The second kappa shape index (κ2) is 6.12. The number of hydrogen-bond donors (Lipinski definition) is 1. The van der Waals surface area contributed by atoms with Gasteiger partial charge in [0.05, 0.1) is 0 Å². The Balaban J connectivity index is 1.69. The van der Waals surface area contributed by atoms with Crippen molar-refractivity contribution in [1.82, 2.24) is 10.2 Å². The van der Waals surface area contributed by atoms with Crippen molar-refractivity contribution in [1.29, 1.82) is 0 Å². The average Bonchev–Trinajstić information content (AvgIpc) is 2.32. The molecule has 0 saturated carbocycles. The van der Waals surface area contributed by atoms with E-state index < -0.39 is 0 Å². The van der Waals surface area contributed by atoms with Crippen LogP contribution in [0.2, 0.25) is 0 Å². The second-order valence-corrected chi connectivity index (χ2v) is 4.91. The summed E-state index contributed by atoms with van der Waals surface area (Å²) in [6.45, 7) is 3.30. The molecule has 0 atom stereocenters. The summed E-state index contributed by atoms with van der Waals surface area (Å²) in [7, 11) is 2.17. The highest BCUT2D eigenvalue weighted by Gasteiger charge is 2.15. The SMILES string of the molecule is CN1CCC(NCCc2cccc(F)c2)CC1. The minimum atomic E-state index is -0.137. The van der Waals surface area contributed by atoms with Gasteiger partial charge < -0.3 is 10.2 Å². The first kappa shape index (κ1) is 12.5. The highest BCUT2D eigenvalue weighted by Crippen LogP contribution is 2.08. The first-order valence-corrected chi connectivity index (χ1v) is 6.40. The van der Waals surface area contributed by atoms with Crippen LogP contribution in [-0.2, 0) is 6.42 Å². The Bertz CT molecular complexity index is 346. The van der Waals surface area contributed by atoms with Crippen molar-refractivity contribution >= 4 is 0 Å². The Kier molecular flexibility index (Phi) is 4.51. The molecule has 1 aliphatic rings.